The van der Waals surface area contributed by atoms with Gasteiger partial charge in [0.1, 0.15) is 0 Å². The Balaban J connectivity index is 1.06. The molecule has 0 N–H and O–H groups in total. The molecule has 6 aliphatic rings. The molecule has 0 radical (unpaired) electrons. The summed E-state index contributed by atoms with van der Waals surface area (Å²) in [6.45, 7) is 0.848. The number of unbranched alkanes of at least 4 members (excludes halogenated alkanes) is 1. The van der Waals surface area contributed by atoms with Gasteiger partial charge in [0.2, 0.25) is 0 Å². The van der Waals surface area contributed by atoms with E-state index in [4.69, 9.17) is 14.2 Å². The number of urea groups is 1. The Morgan fingerprint density at radius 1 is 0.919 bits per heavy atom. The molecule has 8 rings (SSSR count). The summed E-state index contributed by atoms with van der Waals surface area (Å²) in [6, 6.07) is 21.2. The van der Waals surface area contributed by atoms with E-state index in [0.29, 0.717) is 25.3 Å². The average molecular weight is 519 g/mol. The molecular weight excluding hydrogens is 484 g/mol. The summed E-state index contributed by atoms with van der Waals surface area (Å²) in [6.07, 6.45) is 9.11. The second-order valence-electron chi connectivity index (χ2n) is 11.1. The van der Waals surface area contributed by atoms with Gasteiger partial charge in [-0.3, -0.25) is 0 Å². The summed E-state index contributed by atoms with van der Waals surface area (Å²) in [5.41, 5.74) is 2.28. The minimum absolute atomic E-state index is 0.0756. The van der Waals surface area contributed by atoms with E-state index in [2.05, 4.69) is 64.4 Å². The van der Waals surface area contributed by atoms with Crippen LogP contribution in [0.2, 0.25) is 0 Å². The van der Waals surface area contributed by atoms with E-state index in [1.54, 1.807) is 0 Å². The van der Waals surface area contributed by atoms with Crippen molar-refractivity contribution < 1.29 is 19.0 Å². The molecule has 194 valence electrons. The van der Waals surface area contributed by atoms with E-state index >= 15 is 0 Å². The van der Waals surface area contributed by atoms with Gasteiger partial charge < -0.3 is 24.0 Å². The normalized spacial score (nSPS) is 35.1. The number of hydrogen-bond acceptors (Lipinski definition) is 5. The quantitative estimate of drug-likeness (QED) is 0.332. The minimum atomic E-state index is -0.456. The highest BCUT2D eigenvalue weighted by molar-refractivity contribution is 8.03. The third kappa shape index (κ3) is 4.60. The van der Waals surface area contributed by atoms with Crippen molar-refractivity contribution in [1.82, 2.24) is 9.80 Å². The average Bonchev–Trinajstić information content (AvgIpc) is 3.41. The van der Waals surface area contributed by atoms with Gasteiger partial charge in [0.25, 0.3) is 6.48 Å². The maximum Gasteiger partial charge on any atom is 0.321 e. The Labute approximate surface area is 222 Å². The summed E-state index contributed by atoms with van der Waals surface area (Å²) >= 11 is 1.93. The lowest BCUT2D eigenvalue weighted by Crippen LogP contribution is -2.61. The van der Waals surface area contributed by atoms with E-state index < -0.39 is 6.48 Å². The van der Waals surface area contributed by atoms with Gasteiger partial charge >= 0.3 is 6.03 Å². The monoisotopic (exact) mass is 518 g/mol. The van der Waals surface area contributed by atoms with Gasteiger partial charge in [-0.15, -0.1) is 11.8 Å². The Morgan fingerprint density at radius 2 is 1.57 bits per heavy atom. The molecule has 0 aromatic heterocycles. The first-order valence-electron chi connectivity index (χ1n) is 13.6. The van der Waals surface area contributed by atoms with Crippen molar-refractivity contribution in [2.24, 2.45) is 0 Å². The van der Waals surface area contributed by atoms with Gasteiger partial charge in [-0.2, -0.15) is 0 Å². The number of carbonyl (C=O) groups is 1. The van der Waals surface area contributed by atoms with Crippen molar-refractivity contribution in [2.45, 2.75) is 88.0 Å². The molecule has 5 saturated heterocycles. The Bertz CT molecular complexity index is 1120. The van der Waals surface area contributed by atoms with E-state index in [0.717, 1.165) is 44.3 Å². The molecule has 0 spiro atoms. The molecule has 1 aliphatic carbocycles. The first-order valence-corrected chi connectivity index (χ1v) is 14.6. The number of ether oxygens (including phenoxy) is 3. The van der Waals surface area contributed by atoms with Crippen LogP contribution in [0.1, 0.15) is 49.7 Å². The first kappa shape index (κ1) is 23.8. The molecule has 1 saturated carbocycles. The predicted octanol–water partition coefficient (Wildman–Crippen LogP) is 5.68. The van der Waals surface area contributed by atoms with Gasteiger partial charge in [0.05, 0.1) is 29.9 Å². The van der Waals surface area contributed by atoms with Crippen LogP contribution in [0.25, 0.3) is 0 Å². The fraction of sp³-hybridized carbons (Fsp3) is 0.500. The van der Waals surface area contributed by atoms with Crippen LogP contribution < -0.4 is 0 Å². The van der Waals surface area contributed by atoms with E-state index in [-0.39, 0.29) is 23.7 Å². The number of thioether (sulfide) groups is 1. The largest absolute Gasteiger partial charge is 0.326 e. The number of allylic oxidation sites excluding steroid dienone is 1. The summed E-state index contributed by atoms with van der Waals surface area (Å²) in [7, 11) is 0. The number of fused-ring (bicyclic) bond motifs is 1. The molecular formula is C30H34N2O4S. The van der Waals surface area contributed by atoms with Gasteiger partial charge in [-0.25, -0.2) is 4.79 Å². The van der Waals surface area contributed by atoms with Crippen molar-refractivity contribution >= 4 is 17.8 Å². The topological polar surface area (TPSA) is 51.2 Å². The zero-order chi connectivity index (χ0) is 24.8. The zero-order valence-electron chi connectivity index (χ0n) is 21.0. The van der Waals surface area contributed by atoms with Crippen LogP contribution in [0.4, 0.5) is 4.79 Å². The predicted molar refractivity (Wildman–Crippen MR) is 143 cm³/mol. The molecule has 2 aromatic carbocycles. The van der Waals surface area contributed by atoms with Crippen molar-refractivity contribution in [1.29, 1.82) is 0 Å². The zero-order valence-corrected chi connectivity index (χ0v) is 21.9. The number of hydrogen-bond donors (Lipinski definition) is 0. The number of carbonyl (C=O) groups excluding carboxylic acids is 1. The SMILES string of the molecule is O=C1N(Cc2ccccc2)[C@@H]2C(=CCCCC34CC5CC(C3)OC(O5)O4)SC[C@@H]2N1Cc1ccccc1. The van der Waals surface area contributed by atoms with Crippen LogP contribution in [0.3, 0.4) is 0 Å². The van der Waals surface area contributed by atoms with Crippen LogP contribution in [0, 0.1) is 0 Å². The molecule has 6 nitrogen and oxygen atoms in total. The van der Waals surface area contributed by atoms with Crippen LogP contribution in [-0.4, -0.2) is 58.0 Å². The molecule has 6 fully saturated rings. The highest BCUT2D eigenvalue weighted by Gasteiger charge is 2.54. The van der Waals surface area contributed by atoms with Crippen molar-refractivity contribution in [2.75, 3.05) is 5.75 Å². The highest BCUT2D eigenvalue weighted by atomic mass is 32.2. The van der Waals surface area contributed by atoms with Gasteiger partial charge in [0.15, 0.2) is 0 Å². The Morgan fingerprint density at radius 3 is 2.22 bits per heavy atom. The molecule has 4 atom stereocenters. The van der Waals surface area contributed by atoms with E-state index in [9.17, 15) is 4.79 Å². The molecule has 5 aliphatic heterocycles. The molecule has 2 unspecified atom stereocenters. The number of nitrogens with zero attached hydrogens (tertiary/aromatic N) is 2. The van der Waals surface area contributed by atoms with E-state index in [1.807, 2.05) is 23.9 Å². The second-order valence-corrected chi connectivity index (χ2v) is 12.2. The highest BCUT2D eigenvalue weighted by Crippen LogP contribution is 2.48. The summed E-state index contributed by atoms with van der Waals surface area (Å²) < 4.78 is 17.8. The maximum absolute atomic E-state index is 13.7. The Kier molecular flexibility index (Phi) is 6.28. The Hall–Kier alpha value is -2.32. The molecule has 7 heteroatoms. The van der Waals surface area contributed by atoms with Crippen molar-refractivity contribution in [3.63, 3.8) is 0 Å². The smallest absolute Gasteiger partial charge is 0.321 e. The van der Waals surface area contributed by atoms with Crippen LogP contribution in [-0.2, 0) is 27.3 Å². The lowest BCUT2D eigenvalue weighted by Gasteiger charge is -2.55. The van der Waals surface area contributed by atoms with Crippen molar-refractivity contribution in [3.8, 4) is 0 Å². The van der Waals surface area contributed by atoms with Crippen molar-refractivity contribution in [3.05, 3.63) is 82.8 Å². The fourth-order valence-corrected chi connectivity index (χ4v) is 8.32. The van der Waals surface area contributed by atoms with Gasteiger partial charge in [0, 0.05) is 43.0 Å². The first-order chi connectivity index (χ1) is 18.2. The molecule has 2 aromatic rings. The maximum atomic E-state index is 13.7. The number of rotatable bonds is 8. The molecule has 4 bridgehead atoms. The minimum Gasteiger partial charge on any atom is -0.326 e. The number of benzene rings is 2. The molecule has 37 heavy (non-hydrogen) atoms. The van der Waals surface area contributed by atoms with Crippen LogP contribution in [0.15, 0.2) is 71.6 Å². The third-order valence-electron chi connectivity index (χ3n) is 8.56. The van der Waals surface area contributed by atoms with E-state index in [1.165, 1.54) is 16.0 Å². The molecule has 2 amide bonds. The summed E-state index contributed by atoms with van der Waals surface area (Å²) in [5, 5.41) is 0. The third-order valence-corrected chi connectivity index (χ3v) is 9.81. The van der Waals surface area contributed by atoms with Gasteiger partial charge in [-0.1, -0.05) is 66.7 Å². The van der Waals surface area contributed by atoms with Crippen LogP contribution in [0.5, 0.6) is 0 Å². The molecule has 5 heterocycles. The second kappa shape index (κ2) is 9.77. The number of amides is 2. The van der Waals surface area contributed by atoms with Gasteiger partial charge in [-0.05, 0) is 30.4 Å². The lowest BCUT2D eigenvalue weighted by molar-refractivity contribution is -0.450. The summed E-state index contributed by atoms with van der Waals surface area (Å²) in [5.74, 6) is 0.952. The summed E-state index contributed by atoms with van der Waals surface area (Å²) in [4.78, 5) is 19.3. The fourth-order valence-electron chi connectivity index (χ4n) is 6.90. The lowest BCUT2D eigenvalue weighted by atomic mass is 9.76. The van der Waals surface area contributed by atoms with Crippen LogP contribution >= 0.6 is 11.8 Å². The standard InChI is InChI=1S/C30H34N2O4S/c33-28-31(18-21-9-3-1-4-10-21)25-20-37-26(27(25)32(28)19-22-11-5-2-6-12-22)13-7-8-14-30-16-23-15-24(17-30)35-29(34-23)36-30/h1-6,9-13,23-25,27,29H,7-8,14-20H2/t23?,24?,25-,27-,29?,30?/m0/s1.